The molecule has 10 nitrogen and oxygen atoms in total. The van der Waals surface area contributed by atoms with Gasteiger partial charge in [-0.1, -0.05) is 0 Å². The second-order valence-corrected chi connectivity index (χ2v) is 4.75. The molecule has 1 aliphatic rings. The molecule has 1 aromatic carbocycles. The number of carboxylic acids is 1. The molecule has 122 valence electrons. The smallest absolute Gasteiger partial charge is 0.157 e. The Labute approximate surface area is 124 Å². The summed E-state index contributed by atoms with van der Waals surface area (Å²) in [5.41, 5.74) is -0.546. The predicted molar refractivity (Wildman–Crippen MR) is 68.2 cm³/mol. The number of anilines is 2. The van der Waals surface area contributed by atoms with Crippen LogP contribution < -0.4 is 15.6 Å². The van der Waals surface area contributed by atoms with Crippen molar-refractivity contribution in [3.63, 3.8) is 0 Å². The molecule has 0 aromatic heterocycles. The molecule has 6 N–H and O–H groups in total. The number of nitrogens with zero attached hydrogens (tertiary/aromatic N) is 1. The highest BCUT2D eigenvalue weighted by Crippen LogP contribution is 2.26. The summed E-state index contributed by atoms with van der Waals surface area (Å²) in [5, 5.41) is 59.6. The number of rotatable bonds is 5. The largest absolute Gasteiger partial charge is 0.545 e. The van der Waals surface area contributed by atoms with Gasteiger partial charge in [0.25, 0.3) is 0 Å². The summed E-state index contributed by atoms with van der Waals surface area (Å²) in [4.78, 5) is 10.9. The van der Waals surface area contributed by atoms with Crippen LogP contribution in [0.3, 0.4) is 0 Å². The molecule has 0 aliphatic carbocycles. The van der Waals surface area contributed by atoms with Crippen LogP contribution in [0.1, 0.15) is 10.4 Å². The van der Waals surface area contributed by atoms with Crippen LogP contribution in [0, 0.1) is 0 Å². The van der Waals surface area contributed by atoms with Crippen LogP contribution in [0.5, 0.6) is 0 Å². The fraction of sp³-hybridized carbons (Fsp3) is 0.417. The standard InChI is InChI=1S/C12H16N2O8/c15-4-8-9(16)10(17)11(22-8)13-6-1-5(12(18)19)2-7(3-6)14(20)21/h1-3,8-11,13,15-17,20-21H,4H2,(H,18,19)/p-1/t8-,9+,10+,11+/m0/s1. The fourth-order valence-corrected chi connectivity index (χ4v) is 2.11. The molecule has 0 amide bonds. The van der Waals surface area contributed by atoms with Gasteiger partial charge in [-0.25, -0.2) is 0 Å². The number of aliphatic hydroxyl groups excluding tert-OH is 3. The second kappa shape index (κ2) is 6.44. The summed E-state index contributed by atoms with van der Waals surface area (Å²) in [7, 11) is 0. The molecule has 1 aliphatic heterocycles. The number of carbonyl (C=O) groups is 1. The van der Waals surface area contributed by atoms with Crippen molar-refractivity contribution < 1.29 is 40.4 Å². The Balaban J connectivity index is 2.24. The highest BCUT2D eigenvalue weighted by molar-refractivity contribution is 5.88. The predicted octanol–water partition coefficient (Wildman–Crippen LogP) is -2.51. The molecule has 0 saturated carbocycles. The number of carboxylic acid groups (broad SMARTS) is 1. The lowest BCUT2D eigenvalue weighted by Gasteiger charge is -2.20. The molecule has 10 heteroatoms. The van der Waals surface area contributed by atoms with E-state index in [0.29, 0.717) is 0 Å². The lowest BCUT2D eigenvalue weighted by atomic mass is 10.1. The Bertz CT molecular complexity index is 552. The van der Waals surface area contributed by atoms with Crippen molar-refractivity contribution in [1.82, 2.24) is 0 Å². The van der Waals surface area contributed by atoms with Crippen molar-refractivity contribution >= 4 is 17.3 Å². The average molecular weight is 315 g/mol. The van der Waals surface area contributed by atoms with Crippen LogP contribution in [0.2, 0.25) is 0 Å². The molecular formula is C12H15N2O8-. The van der Waals surface area contributed by atoms with Gasteiger partial charge in [0.15, 0.2) is 6.23 Å². The normalized spacial score (nSPS) is 27.7. The van der Waals surface area contributed by atoms with Crippen molar-refractivity contribution in [3.8, 4) is 0 Å². The summed E-state index contributed by atoms with van der Waals surface area (Å²) < 4.78 is 5.18. The van der Waals surface area contributed by atoms with E-state index in [9.17, 15) is 20.1 Å². The fourth-order valence-electron chi connectivity index (χ4n) is 2.11. The van der Waals surface area contributed by atoms with E-state index < -0.39 is 37.1 Å². The molecule has 0 bridgehead atoms. The zero-order valence-corrected chi connectivity index (χ0v) is 11.2. The third kappa shape index (κ3) is 3.27. The molecule has 0 spiro atoms. The molecule has 0 unspecified atom stereocenters. The number of hydrogen-bond acceptors (Lipinski definition) is 10. The van der Waals surface area contributed by atoms with E-state index in [-0.39, 0.29) is 22.2 Å². The highest BCUT2D eigenvalue weighted by Gasteiger charge is 2.42. The molecule has 0 radical (unpaired) electrons. The molecule has 1 fully saturated rings. The zero-order chi connectivity index (χ0) is 16.4. The van der Waals surface area contributed by atoms with E-state index in [0.717, 1.165) is 12.1 Å². The van der Waals surface area contributed by atoms with Gasteiger partial charge in [-0.2, -0.15) is 0 Å². The minimum Gasteiger partial charge on any atom is -0.545 e. The third-order valence-corrected chi connectivity index (χ3v) is 3.24. The maximum atomic E-state index is 10.9. The van der Waals surface area contributed by atoms with Gasteiger partial charge in [0.2, 0.25) is 0 Å². The Morgan fingerprint density at radius 3 is 2.45 bits per heavy atom. The number of aliphatic hydroxyl groups is 3. The topological polar surface area (TPSA) is 166 Å². The molecule has 22 heavy (non-hydrogen) atoms. The Kier molecular flexibility index (Phi) is 4.81. The van der Waals surface area contributed by atoms with Crippen LogP contribution in [0.15, 0.2) is 18.2 Å². The zero-order valence-electron chi connectivity index (χ0n) is 11.2. The van der Waals surface area contributed by atoms with Gasteiger partial charge < -0.3 is 35.3 Å². The summed E-state index contributed by atoms with van der Waals surface area (Å²) >= 11 is 0. The minimum atomic E-state index is -1.55. The lowest BCUT2D eigenvalue weighted by molar-refractivity contribution is -0.255. The van der Waals surface area contributed by atoms with Gasteiger partial charge in [-0.3, -0.25) is 10.4 Å². The van der Waals surface area contributed by atoms with Crippen LogP contribution in [-0.2, 0) is 4.74 Å². The summed E-state index contributed by atoms with van der Waals surface area (Å²) in [6.07, 6.45) is -4.81. The van der Waals surface area contributed by atoms with Gasteiger partial charge in [-0.05, 0) is 18.2 Å². The Hall–Kier alpha value is -1.95. The van der Waals surface area contributed by atoms with E-state index in [1.165, 1.54) is 6.07 Å². The highest BCUT2D eigenvalue weighted by atomic mass is 16.8. The maximum Gasteiger partial charge on any atom is 0.157 e. The maximum absolute atomic E-state index is 10.9. The van der Waals surface area contributed by atoms with Crippen molar-refractivity contribution in [1.29, 1.82) is 0 Å². The quantitative estimate of drug-likeness (QED) is 0.319. The first-order valence-electron chi connectivity index (χ1n) is 6.26. The number of benzene rings is 1. The number of aromatic carboxylic acids is 1. The van der Waals surface area contributed by atoms with Crippen molar-refractivity contribution in [2.75, 3.05) is 17.2 Å². The molecule has 1 saturated heterocycles. The lowest BCUT2D eigenvalue weighted by Crippen LogP contribution is -2.36. The Morgan fingerprint density at radius 1 is 1.27 bits per heavy atom. The second-order valence-electron chi connectivity index (χ2n) is 4.75. The summed E-state index contributed by atoms with van der Waals surface area (Å²) in [6.45, 7) is -0.512. The molecular weight excluding hydrogens is 300 g/mol. The van der Waals surface area contributed by atoms with Crippen LogP contribution >= 0.6 is 0 Å². The van der Waals surface area contributed by atoms with Crippen LogP contribution in [0.25, 0.3) is 0 Å². The van der Waals surface area contributed by atoms with Gasteiger partial charge >= 0.3 is 0 Å². The van der Waals surface area contributed by atoms with Crippen molar-refractivity contribution in [3.05, 3.63) is 23.8 Å². The first-order valence-corrected chi connectivity index (χ1v) is 6.26. The molecule has 1 aromatic rings. The van der Waals surface area contributed by atoms with Crippen LogP contribution in [0.4, 0.5) is 11.4 Å². The number of ether oxygens (including phenoxy) is 1. The van der Waals surface area contributed by atoms with Crippen molar-refractivity contribution in [2.45, 2.75) is 24.5 Å². The SMILES string of the molecule is O=C([O-])c1cc(N[C@@H]2O[C@@H](CO)[C@@H](O)[C@H]2O)cc(N(O)O)c1. The summed E-state index contributed by atoms with van der Waals surface area (Å²) in [5.74, 6) is -1.55. The molecule has 1 heterocycles. The van der Waals surface area contributed by atoms with Crippen molar-refractivity contribution in [2.24, 2.45) is 0 Å². The molecule has 2 rings (SSSR count). The first kappa shape index (κ1) is 16.4. The third-order valence-electron chi connectivity index (χ3n) is 3.24. The van der Waals surface area contributed by atoms with Gasteiger partial charge in [-0.15, -0.1) is 5.23 Å². The summed E-state index contributed by atoms with van der Waals surface area (Å²) in [6, 6.07) is 3.25. The van der Waals surface area contributed by atoms with E-state index in [1.54, 1.807) is 0 Å². The molecule has 4 atom stereocenters. The minimum absolute atomic E-state index is 0.0691. The van der Waals surface area contributed by atoms with E-state index in [1.807, 2.05) is 0 Å². The van der Waals surface area contributed by atoms with Gasteiger partial charge in [0.1, 0.15) is 18.3 Å². The van der Waals surface area contributed by atoms with E-state index in [4.69, 9.17) is 20.3 Å². The first-order chi connectivity index (χ1) is 10.3. The van der Waals surface area contributed by atoms with E-state index >= 15 is 0 Å². The van der Waals surface area contributed by atoms with E-state index in [2.05, 4.69) is 5.32 Å². The monoisotopic (exact) mass is 315 g/mol. The number of carbonyl (C=O) groups excluding carboxylic acids is 1. The Morgan fingerprint density at radius 2 is 1.95 bits per heavy atom. The van der Waals surface area contributed by atoms with Gasteiger partial charge in [0.05, 0.1) is 18.3 Å². The average Bonchev–Trinajstić information content (AvgIpc) is 2.74. The van der Waals surface area contributed by atoms with Crippen LogP contribution in [-0.4, -0.2) is 62.9 Å². The number of nitrogens with one attached hydrogen (secondary N) is 1. The van der Waals surface area contributed by atoms with Gasteiger partial charge in [0, 0.05) is 11.3 Å². The number of hydrogen-bond donors (Lipinski definition) is 6.